The fourth-order valence-electron chi connectivity index (χ4n) is 6.06. The molecule has 1 saturated heterocycles. The monoisotopic (exact) mass is 510 g/mol. The molecule has 1 aromatic carbocycles. The standard InChI is InChI=1S/C29H38N2O2S2/c32-28(33)25(18-22-19-34-27-17-11-10-16-24(22)27)30-29-31(23-14-8-3-1-2-4-9-15-23)26(20-35-29)21-12-6-5-7-13-21/h5-7,10-13,16-17,19,23-27,29-30H,1-4,8-9,14-15,18,20H2,(H,32,33). The minimum Gasteiger partial charge on any atom is -0.480 e. The molecular formula is C29H38N2O2S2. The molecule has 2 heterocycles. The lowest BCUT2D eigenvalue weighted by Crippen LogP contribution is -2.52. The van der Waals surface area contributed by atoms with Crippen LogP contribution in [0.25, 0.3) is 0 Å². The number of carboxylic acid groups (broad SMARTS) is 1. The van der Waals surface area contributed by atoms with Crippen molar-refractivity contribution in [2.45, 2.75) is 86.7 Å². The second kappa shape index (κ2) is 12.2. The Balaban J connectivity index is 1.35. The van der Waals surface area contributed by atoms with Crippen LogP contribution in [0, 0.1) is 5.92 Å². The molecule has 5 rings (SSSR count). The maximum atomic E-state index is 12.5. The first-order valence-electron chi connectivity index (χ1n) is 13.3. The number of allylic oxidation sites excluding steroid dienone is 3. The van der Waals surface area contributed by atoms with Gasteiger partial charge in [0.05, 0.1) is 0 Å². The van der Waals surface area contributed by atoms with Gasteiger partial charge < -0.3 is 5.11 Å². The molecule has 1 saturated carbocycles. The van der Waals surface area contributed by atoms with Crippen molar-refractivity contribution in [2.24, 2.45) is 5.92 Å². The van der Waals surface area contributed by atoms with Gasteiger partial charge in [0.1, 0.15) is 11.5 Å². The van der Waals surface area contributed by atoms with Gasteiger partial charge >= 0.3 is 5.97 Å². The maximum absolute atomic E-state index is 12.5. The zero-order chi connectivity index (χ0) is 24.0. The van der Waals surface area contributed by atoms with Crippen molar-refractivity contribution in [3.05, 3.63) is 71.2 Å². The summed E-state index contributed by atoms with van der Waals surface area (Å²) in [4.78, 5) is 15.1. The summed E-state index contributed by atoms with van der Waals surface area (Å²) in [6.07, 6.45) is 19.5. The average Bonchev–Trinajstić information content (AvgIpc) is 3.51. The van der Waals surface area contributed by atoms with Gasteiger partial charge in [0.2, 0.25) is 0 Å². The van der Waals surface area contributed by atoms with E-state index in [0.717, 1.165) is 5.75 Å². The molecule has 1 aromatic rings. The Kier molecular flexibility index (Phi) is 8.77. The summed E-state index contributed by atoms with van der Waals surface area (Å²) < 4.78 is 0. The van der Waals surface area contributed by atoms with E-state index < -0.39 is 12.0 Å². The van der Waals surface area contributed by atoms with Crippen molar-refractivity contribution in [3.63, 3.8) is 0 Å². The van der Waals surface area contributed by atoms with Crippen LogP contribution < -0.4 is 5.32 Å². The molecule has 5 unspecified atom stereocenters. The van der Waals surface area contributed by atoms with Crippen LogP contribution in [0.5, 0.6) is 0 Å². The highest BCUT2D eigenvalue weighted by atomic mass is 32.2. The number of carbonyl (C=O) groups is 1. The maximum Gasteiger partial charge on any atom is 0.321 e. The molecule has 0 bridgehead atoms. The molecule has 4 nitrogen and oxygen atoms in total. The van der Waals surface area contributed by atoms with Crippen molar-refractivity contribution >= 4 is 29.5 Å². The van der Waals surface area contributed by atoms with Gasteiger partial charge in [-0.05, 0) is 30.2 Å². The van der Waals surface area contributed by atoms with Gasteiger partial charge in [-0.15, -0.1) is 23.5 Å². The Labute approximate surface area is 218 Å². The Morgan fingerprint density at radius 1 is 1.03 bits per heavy atom. The molecule has 4 aliphatic rings. The van der Waals surface area contributed by atoms with E-state index in [-0.39, 0.29) is 5.50 Å². The highest BCUT2D eigenvalue weighted by Gasteiger charge is 2.41. The molecular weight excluding hydrogens is 472 g/mol. The summed E-state index contributed by atoms with van der Waals surface area (Å²) in [5.41, 5.74) is 2.63. The van der Waals surface area contributed by atoms with Gasteiger partial charge in [-0.25, -0.2) is 0 Å². The molecule has 0 radical (unpaired) electrons. The first-order valence-corrected chi connectivity index (χ1v) is 15.3. The quantitative estimate of drug-likeness (QED) is 0.424. The zero-order valence-corrected chi connectivity index (χ0v) is 22.1. The summed E-state index contributed by atoms with van der Waals surface area (Å²) in [6, 6.07) is 11.1. The van der Waals surface area contributed by atoms with Crippen molar-refractivity contribution in [3.8, 4) is 0 Å². The van der Waals surface area contributed by atoms with Crippen LogP contribution in [-0.4, -0.2) is 44.6 Å². The van der Waals surface area contributed by atoms with Crippen LogP contribution in [-0.2, 0) is 4.79 Å². The number of aliphatic carboxylic acids is 1. The summed E-state index contributed by atoms with van der Waals surface area (Å²) >= 11 is 3.71. The number of hydrogen-bond donors (Lipinski definition) is 2. The number of benzene rings is 1. The lowest BCUT2D eigenvalue weighted by molar-refractivity contribution is -0.139. The van der Waals surface area contributed by atoms with Crippen LogP contribution in [0.3, 0.4) is 0 Å². The molecule has 2 aliphatic heterocycles. The number of nitrogens with one attached hydrogen (secondary N) is 1. The molecule has 35 heavy (non-hydrogen) atoms. The van der Waals surface area contributed by atoms with Crippen molar-refractivity contribution < 1.29 is 9.90 Å². The number of carboxylic acids is 1. The van der Waals surface area contributed by atoms with Gasteiger partial charge in [-0.3, -0.25) is 15.0 Å². The van der Waals surface area contributed by atoms with Gasteiger partial charge in [0, 0.05) is 29.0 Å². The van der Waals surface area contributed by atoms with Gasteiger partial charge in [-0.1, -0.05) is 98.7 Å². The van der Waals surface area contributed by atoms with E-state index >= 15 is 0 Å². The molecule has 0 amide bonds. The molecule has 188 valence electrons. The van der Waals surface area contributed by atoms with Crippen LogP contribution in [0.15, 0.2) is 65.6 Å². The third-order valence-electron chi connectivity index (χ3n) is 7.94. The van der Waals surface area contributed by atoms with Crippen LogP contribution in [0.4, 0.5) is 0 Å². The van der Waals surface area contributed by atoms with Crippen molar-refractivity contribution in [1.29, 1.82) is 0 Å². The van der Waals surface area contributed by atoms with Crippen molar-refractivity contribution in [2.75, 3.05) is 5.75 Å². The molecule has 6 heteroatoms. The van der Waals surface area contributed by atoms with Gasteiger partial charge in [0.15, 0.2) is 0 Å². The normalized spacial score (nSPS) is 30.8. The first kappa shape index (κ1) is 25.2. The summed E-state index contributed by atoms with van der Waals surface area (Å²) in [5, 5.41) is 16.5. The number of hydrogen-bond acceptors (Lipinski definition) is 5. The fourth-order valence-corrected chi connectivity index (χ4v) is 8.74. The Bertz CT molecular complexity index is 937. The molecule has 2 aliphatic carbocycles. The largest absolute Gasteiger partial charge is 0.480 e. The molecule has 5 atom stereocenters. The summed E-state index contributed by atoms with van der Waals surface area (Å²) in [7, 11) is 0. The molecule has 2 fully saturated rings. The molecule has 0 aromatic heterocycles. The molecule has 2 N–H and O–H groups in total. The minimum atomic E-state index is -0.743. The molecule has 0 spiro atoms. The zero-order valence-electron chi connectivity index (χ0n) is 20.4. The SMILES string of the molecule is O=C(O)C(CC1=CSC2C=CC=CC12)NC1SCC(c2ccccc2)N1C1CCCCCCCC1. The van der Waals surface area contributed by atoms with E-state index in [1.54, 1.807) is 0 Å². The third kappa shape index (κ3) is 6.10. The van der Waals surface area contributed by atoms with E-state index in [1.807, 2.05) is 23.5 Å². The first-order chi connectivity index (χ1) is 17.2. The second-order valence-corrected chi connectivity index (χ2v) is 12.4. The van der Waals surface area contributed by atoms with E-state index in [2.05, 4.69) is 70.3 Å². The minimum absolute atomic E-state index is 0.0271. The Morgan fingerprint density at radius 2 is 1.74 bits per heavy atom. The number of thioether (sulfide) groups is 2. The van der Waals surface area contributed by atoms with Crippen LogP contribution in [0.2, 0.25) is 0 Å². The van der Waals surface area contributed by atoms with E-state index in [1.165, 1.54) is 62.5 Å². The fraction of sp³-hybridized carbons (Fsp3) is 0.552. The van der Waals surface area contributed by atoms with Gasteiger partial charge in [0.25, 0.3) is 0 Å². The predicted molar refractivity (Wildman–Crippen MR) is 148 cm³/mol. The average molecular weight is 511 g/mol. The van der Waals surface area contributed by atoms with Crippen LogP contribution >= 0.6 is 23.5 Å². The lowest BCUT2D eigenvalue weighted by Gasteiger charge is -2.38. The smallest absolute Gasteiger partial charge is 0.321 e. The third-order valence-corrected chi connectivity index (χ3v) is 10.4. The van der Waals surface area contributed by atoms with Gasteiger partial charge in [-0.2, -0.15) is 0 Å². The topological polar surface area (TPSA) is 52.6 Å². The number of nitrogens with zero attached hydrogens (tertiary/aromatic N) is 1. The summed E-state index contributed by atoms with van der Waals surface area (Å²) in [5.74, 6) is 0.585. The summed E-state index contributed by atoms with van der Waals surface area (Å²) in [6.45, 7) is 0. The van der Waals surface area contributed by atoms with E-state index in [0.29, 0.717) is 29.7 Å². The Hall–Kier alpha value is -1.47. The van der Waals surface area contributed by atoms with E-state index in [4.69, 9.17) is 0 Å². The number of fused-ring (bicyclic) bond motifs is 1. The Morgan fingerprint density at radius 3 is 2.49 bits per heavy atom. The highest BCUT2D eigenvalue weighted by Crippen LogP contribution is 2.43. The number of rotatable bonds is 7. The lowest BCUT2D eigenvalue weighted by atomic mass is 9.89. The van der Waals surface area contributed by atoms with Crippen LogP contribution in [0.1, 0.15) is 69.4 Å². The predicted octanol–water partition coefficient (Wildman–Crippen LogP) is 6.74. The highest BCUT2D eigenvalue weighted by molar-refractivity contribution is 8.03. The second-order valence-electron chi connectivity index (χ2n) is 10.3. The van der Waals surface area contributed by atoms with E-state index in [9.17, 15) is 9.90 Å². The van der Waals surface area contributed by atoms with Crippen molar-refractivity contribution in [1.82, 2.24) is 10.2 Å².